The van der Waals surface area contributed by atoms with E-state index in [-0.39, 0.29) is 30.6 Å². The molecule has 2 saturated heterocycles. The quantitative estimate of drug-likeness (QED) is 0.434. The Kier molecular flexibility index (Phi) is 10.8. The third-order valence-corrected chi connectivity index (χ3v) is 5.46. The molecule has 206 valence electrons. The van der Waals surface area contributed by atoms with Gasteiger partial charge in [-0.2, -0.15) is 0 Å². The number of carboxylic acid groups (broad SMARTS) is 1. The highest BCUT2D eigenvalue weighted by molar-refractivity contribution is 5.88. The number of hydrogen-bond acceptors (Lipinski definition) is 8. The monoisotopic (exact) mass is 514 g/mol. The zero-order chi connectivity index (χ0) is 27.9. The number of nitrogens with one attached hydrogen (secondary N) is 2. The second-order valence-corrected chi connectivity index (χ2v) is 11.2. The van der Waals surface area contributed by atoms with Crippen LogP contribution in [0.3, 0.4) is 0 Å². The van der Waals surface area contributed by atoms with Crippen molar-refractivity contribution in [3.8, 4) is 0 Å². The molecule has 0 radical (unpaired) electrons. The third-order valence-electron chi connectivity index (χ3n) is 5.46. The fraction of sp³-hybridized carbons (Fsp3) is 0.760. The maximum Gasteiger partial charge on any atom is 0.305 e. The fourth-order valence-electron chi connectivity index (χ4n) is 3.34. The standard InChI is InChI=1S/C13H21NO4.C12H21NO5/c1-9(15)6-7-14-11(16)10-12(2,3)8-17-13(4,5)18-10;1-11(2)7-17-12(3,4)18-9(11)10(16)13-6-5-8(14)15/h6-7,10H,8H2,1-5H3,(H,14,16);9H,5-7H2,1-4H3,(H,13,16)(H,14,15)/b7-6+;/t10-;9-/m00/s1. The Hall–Kier alpha value is -2.34. The second kappa shape index (κ2) is 12.3. The van der Waals surface area contributed by atoms with E-state index in [1.807, 2.05) is 27.7 Å². The van der Waals surface area contributed by atoms with E-state index in [4.69, 9.17) is 24.1 Å². The molecule has 0 aromatic heterocycles. The van der Waals surface area contributed by atoms with E-state index in [1.165, 1.54) is 19.2 Å². The molecule has 0 bridgehead atoms. The first-order valence-corrected chi connectivity index (χ1v) is 11.9. The van der Waals surface area contributed by atoms with E-state index in [9.17, 15) is 19.2 Å². The molecule has 0 aromatic rings. The molecule has 0 unspecified atom stereocenters. The Balaban J connectivity index is 0.000000360. The molecule has 11 heteroatoms. The largest absolute Gasteiger partial charge is 0.481 e. The van der Waals surface area contributed by atoms with Gasteiger partial charge < -0.3 is 34.7 Å². The number of allylic oxidation sites excluding steroid dienone is 1. The molecule has 2 rings (SSSR count). The molecule has 2 heterocycles. The molecule has 2 amide bonds. The zero-order valence-corrected chi connectivity index (χ0v) is 22.9. The lowest BCUT2D eigenvalue weighted by atomic mass is 9.85. The Morgan fingerprint density at radius 3 is 1.69 bits per heavy atom. The van der Waals surface area contributed by atoms with Crippen LogP contribution in [0.2, 0.25) is 0 Å². The molecule has 2 aliphatic heterocycles. The molecule has 3 N–H and O–H groups in total. The van der Waals surface area contributed by atoms with Crippen LogP contribution < -0.4 is 10.6 Å². The molecular formula is C25H42N2O9. The van der Waals surface area contributed by atoms with Crippen LogP contribution in [0.4, 0.5) is 0 Å². The number of hydrogen-bond donors (Lipinski definition) is 3. The molecule has 0 aromatic carbocycles. The number of amides is 2. The highest BCUT2D eigenvalue weighted by Gasteiger charge is 2.46. The van der Waals surface area contributed by atoms with Crippen LogP contribution in [0.5, 0.6) is 0 Å². The lowest BCUT2D eigenvalue weighted by molar-refractivity contribution is -0.304. The van der Waals surface area contributed by atoms with Gasteiger partial charge in [-0.05, 0) is 40.7 Å². The molecular weight excluding hydrogens is 472 g/mol. The topological polar surface area (TPSA) is 149 Å². The summed E-state index contributed by atoms with van der Waals surface area (Å²) in [6.07, 6.45) is 1.29. The van der Waals surface area contributed by atoms with Crippen molar-refractivity contribution < 1.29 is 43.2 Å². The van der Waals surface area contributed by atoms with Crippen molar-refractivity contribution in [1.29, 1.82) is 0 Å². The third kappa shape index (κ3) is 10.3. The van der Waals surface area contributed by atoms with Gasteiger partial charge in [0, 0.05) is 23.6 Å². The second-order valence-electron chi connectivity index (χ2n) is 11.2. The van der Waals surface area contributed by atoms with Crippen LogP contribution in [0.15, 0.2) is 12.3 Å². The van der Waals surface area contributed by atoms with E-state index >= 15 is 0 Å². The highest BCUT2D eigenvalue weighted by atomic mass is 16.7. The first-order chi connectivity index (χ1) is 16.3. The number of ketones is 1. The number of carboxylic acids is 1. The van der Waals surface area contributed by atoms with Crippen LogP contribution >= 0.6 is 0 Å². The maximum atomic E-state index is 12.0. The first kappa shape index (κ1) is 31.7. The Morgan fingerprint density at radius 1 is 0.833 bits per heavy atom. The van der Waals surface area contributed by atoms with Crippen molar-refractivity contribution in [2.24, 2.45) is 10.8 Å². The Bertz CT molecular complexity index is 846. The van der Waals surface area contributed by atoms with Gasteiger partial charge in [0.25, 0.3) is 5.91 Å². The van der Waals surface area contributed by atoms with Crippen molar-refractivity contribution in [3.63, 3.8) is 0 Å². The van der Waals surface area contributed by atoms with E-state index in [1.54, 1.807) is 27.7 Å². The van der Waals surface area contributed by atoms with E-state index in [2.05, 4.69) is 10.6 Å². The summed E-state index contributed by atoms with van der Waals surface area (Å²) in [6, 6.07) is 0. The van der Waals surface area contributed by atoms with E-state index in [0.717, 1.165) is 0 Å². The Morgan fingerprint density at radius 2 is 1.28 bits per heavy atom. The molecule has 2 aliphatic rings. The van der Waals surface area contributed by atoms with Crippen LogP contribution in [-0.2, 0) is 38.1 Å². The Labute approximate surface area is 213 Å². The number of carbonyl (C=O) groups excluding carboxylic acids is 3. The van der Waals surface area contributed by atoms with Crippen molar-refractivity contribution in [3.05, 3.63) is 12.3 Å². The van der Waals surface area contributed by atoms with Crippen LogP contribution in [0.1, 0.15) is 68.7 Å². The van der Waals surface area contributed by atoms with Crippen molar-refractivity contribution in [2.45, 2.75) is 92.5 Å². The van der Waals surface area contributed by atoms with Gasteiger partial charge in [-0.25, -0.2) is 0 Å². The lowest BCUT2D eigenvalue weighted by Gasteiger charge is -2.44. The zero-order valence-electron chi connectivity index (χ0n) is 22.9. The van der Waals surface area contributed by atoms with E-state index in [0.29, 0.717) is 13.2 Å². The average molecular weight is 515 g/mol. The number of carbonyl (C=O) groups is 4. The van der Waals surface area contributed by atoms with Gasteiger partial charge in [0.2, 0.25) is 5.91 Å². The maximum absolute atomic E-state index is 12.0. The number of rotatable bonds is 7. The van der Waals surface area contributed by atoms with Gasteiger partial charge in [-0.3, -0.25) is 19.2 Å². The van der Waals surface area contributed by atoms with Crippen molar-refractivity contribution in [1.82, 2.24) is 10.6 Å². The minimum Gasteiger partial charge on any atom is -0.481 e. The van der Waals surface area contributed by atoms with Crippen molar-refractivity contribution >= 4 is 23.6 Å². The lowest BCUT2D eigenvalue weighted by Crippen LogP contribution is -2.56. The highest BCUT2D eigenvalue weighted by Crippen LogP contribution is 2.35. The van der Waals surface area contributed by atoms with Crippen molar-refractivity contribution in [2.75, 3.05) is 19.8 Å². The van der Waals surface area contributed by atoms with Gasteiger partial charge in [0.05, 0.1) is 19.6 Å². The summed E-state index contributed by atoms with van der Waals surface area (Å²) < 4.78 is 22.3. The van der Waals surface area contributed by atoms with Gasteiger partial charge in [0.1, 0.15) is 12.2 Å². The summed E-state index contributed by atoms with van der Waals surface area (Å²) in [5.41, 5.74) is -0.855. The van der Waals surface area contributed by atoms with Crippen LogP contribution in [0, 0.1) is 10.8 Å². The molecule has 11 nitrogen and oxygen atoms in total. The molecule has 0 spiro atoms. The predicted molar refractivity (Wildman–Crippen MR) is 131 cm³/mol. The molecule has 36 heavy (non-hydrogen) atoms. The van der Waals surface area contributed by atoms with Gasteiger partial charge in [-0.1, -0.05) is 27.7 Å². The minimum atomic E-state index is -0.942. The molecule has 0 saturated carbocycles. The normalized spacial score (nSPS) is 25.7. The summed E-state index contributed by atoms with van der Waals surface area (Å²) in [6.45, 7) is 17.0. The molecule has 0 aliphatic carbocycles. The smallest absolute Gasteiger partial charge is 0.305 e. The summed E-state index contributed by atoms with van der Waals surface area (Å²) in [7, 11) is 0. The van der Waals surface area contributed by atoms with Gasteiger partial charge in [0.15, 0.2) is 17.4 Å². The number of ether oxygens (including phenoxy) is 4. The predicted octanol–water partition coefficient (Wildman–Crippen LogP) is 2.14. The molecule has 2 atom stereocenters. The summed E-state index contributed by atoms with van der Waals surface area (Å²) in [4.78, 5) is 45.2. The fourth-order valence-corrected chi connectivity index (χ4v) is 3.34. The summed E-state index contributed by atoms with van der Waals surface area (Å²) >= 11 is 0. The SMILES string of the molecule is CC(=O)/C=C/NC(=O)[C@@H]1OC(C)(C)OCC1(C)C.CC1(C)OCC(C)(C)[C@H](C(=O)NCCC(=O)O)O1. The van der Waals surface area contributed by atoms with Crippen LogP contribution in [-0.4, -0.2) is 72.2 Å². The van der Waals surface area contributed by atoms with Gasteiger partial charge in [-0.15, -0.1) is 0 Å². The first-order valence-electron chi connectivity index (χ1n) is 11.9. The average Bonchev–Trinajstić information content (AvgIpc) is 2.72. The van der Waals surface area contributed by atoms with Gasteiger partial charge >= 0.3 is 5.97 Å². The molecule has 2 fully saturated rings. The number of aliphatic carboxylic acids is 1. The van der Waals surface area contributed by atoms with E-state index < -0.39 is 40.6 Å². The summed E-state index contributed by atoms with van der Waals surface area (Å²) in [5.74, 6) is -3.20. The summed E-state index contributed by atoms with van der Waals surface area (Å²) in [5, 5.41) is 13.7. The van der Waals surface area contributed by atoms with Crippen LogP contribution in [0.25, 0.3) is 0 Å². The minimum absolute atomic E-state index is 0.0984.